The molecular weight excluding hydrogens is 460 g/mol. The van der Waals surface area contributed by atoms with Gasteiger partial charge in [-0.05, 0) is 48.2 Å². The molecule has 11 heteroatoms. The van der Waals surface area contributed by atoms with Crippen LogP contribution < -0.4 is 84.1 Å². The van der Waals surface area contributed by atoms with Crippen LogP contribution in [0.3, 0.4) is 0 Å². The maximum atomic E-state index is 11.2. The number of nitrogens with one attached hydrogen (secondary N) is 1. The molecule has 2 aromatic rings. The summed E-state index contributed by atoms with van der Waals surface area (Å²) in [7, 11) is 0. The SMILES string of the molecule is CC[C@H](Cc1ccc2c(c1)OC(C(=O)[O-])(C(=O)[O-])O2)NCC(O)c1cccc(Cl)c1.[Na+].[Na+]. The second-order valence-electron chi connectivity index (χ2n) is 6.97. The maximum Gasteiger partial charge on any atom is 1.00 e. The first-order valence-corrected chi connectivity index (χ1v) is 9.73. The number of aliphatic hydroxyl groups excluding tert-OH is 1. The minimum absolute atomic E-state index is 0. The molecule has 0 aliphatic carbocycles. The van der Waals surface area contributed by atoms with Gasteiger partial charge in [0.05, 0.1) is 6.10 Å². The van der Waals surface area contributed by atoms with Crippen LogP contribution in [0.2, 0.25) is 5.02 Å². The number of halogens is 1. The summed E-state index contributed by atoms with van der Waals surface area (Å²) < 4.78 is 9.96. The molecular formula is C21H20ClNNa2O7. The van der Waals surface area contributed by atoms with E-state index in [1.54, 1.807) is 30.3 Å². The van der Waals surface area contributed by atoms with Crippen molar-refractivity contribution in [3.63, 3.8) is 0 Å². The van der Waals surface area contributed by atoms with Crippen LogP contribution in [-0.4, -0.2) is 35.4 Å². The van der Waals surface area contributed by atoms with Crippen LogP contribution in [0.25, 0.3) is 0 Å². The second kappa shape index (κ2) is 12.6. The van der Waals surface area contributed by atoms with Gasteiger partial charge in [-0.15, -0.1) is 0 Å². The third kappa shape index (κ3) is 6.62. The fraction of sp³-hybridized carbons (Fsp3) is 0.333. The standard InChI is InChI=1S/C21H22ClNO7.2Na/c1-2-15(23-11-16(24)13-4-3-5-14(22)10-13)8-12-6-7-17-18(9-12)30-21(29-17,19(25)26)20(27)28;;/h3-7,9-10,15-16,23-24H,2,8,11H2,1H3,(H,25,26)(H,27,28);;/q;2*+1/p-2/t15-,16?;;/m1../s1. The van der Waals surface area contributed by atoms with Crippen molar-refractivity contribution in [2.24, 2.45) is 0 Å². The van der Waals surface area contributed by atoms with Gasteiger partial charge in [0, 0.05) is 17.6 Å². The van der Waals surface area contributed by atoms with Gasteiger partial charge in [0.1, 0.15) is 11.9 Å². The van der Waals surface area contributed by atoms with Gasteiger partial charge < -0.3 is 39.7 Å². The Bertz CT molecular complexity index is 945. The van der Waals surface area contributed by atoms with Crippen molar-refractivity contribution >= 4 is 23.5 Å². The molecule has 2 aromatic carbocycles. The van der Waals surface area contributed by atoms with Crippen LogP contribution in [0.4, 0.5) is 0 Å². The first-order chi connectivity index (χ1) is 14.2. The molecule has 3 rings (SSSR count). The number of aliphatic carboxylic acids is 2. The van der Waals surface area contributed by atoms with E-state index in [0.717, 1.165) is 12.0 Å². The summed E-state index contributed by atoms with van der Waals surface area (Å²) in [6, 6.07) is 11.6. The summed E-state index contributed by atoms with van der Waals surface area (Å²) in [6.07, 6.45) is 0.541. The van der Waals surface area contributed by atoms with E-state index in [2.05, 4.69) is 5.32 Å². The third-order valence-electron chi connectivity index (χ3n) is 4.86. The Kier molecular flexibility index (Phi) is 11.5. The first kappa shape index (κ1) is 29.2. The van der Waals surface area contributed by atoms with Gasteiger partial charge in [-0.25, -0.2) is 0 Å². The van der Waals surface area contributed by atoms with Crippen LogP contribution in [0.1, 0.15) is 30.6 Å². The zero-order valence-electron chi connectivity index (χ0n) is 18.1. The molecule has 160 valence electrons. The number of carbonyl (C=O) groups excluding carboxylic acids is 2. The molecule has 0 spiro atoms. The monoisotopic (exact) mass is 479 g/mol. The minimum Gasteiger partial charge on any atom is -0.542 e. The third-order valence-corrected chi connectivity index (χ3v) is 5.10. The van der Waals surface area contributed by atoms with Crippen LogP contribution in [0, 0.1) is 0 Å². The second-order valence-corrected chi connectivity index (χ2v) is 7.40. The normalized spacial score (nSPS) is 15.1. The van der Waals surface area contributed by atoms with Crippen LogP contribution >= 0.6 is 11.6 Å². The van der Waals surface area contributed by atoms with Crippen molar-refractivity contribution < 1.29 is 93.5 Å². The van der Waals surface area contributed by atoms with E-state index >= 15 is 0 Å². The molecule has 0 bridgehead atoms. The van der Waals surface area contributed by atoms with E-state index in [1.165, 1.54) is 12.1 Å². The van der Waals surface area contributed by atoms with E-state index in [-0.39, 0.29) is 76.7 Å². The smallest absolute Gasteiger partial charge is 0.542 e. The Balaban J connectivity index is 0.00000256. The van der Waals surface area contributed by atoms with Gasteiger partial charge in [-0.1, -0.05) is 36.7 Å². The van der Waals surface area contributed by atoms with Crippen molar-refractivity contribution in [2.45, 2.75) is 37.7 Å². The number of fused-ring (bicyclic) bond motifs is 1. The Morgan fingerprint density at radius 2 is 1.75 bits per heavy atom. The number of aliphatic hydroxyl groups is 1. The van der Waals surface area contributed by atoms with Crippen molar-refractivity contribution in [3.05, 3.63) is 58.6 Å². The summed E-state index contributed by atoms with van der Waals surface area (Å²) in [5.41, 5.74) is 1.47. The molecule has 0 saturated carbocycles. The predicted molar refractivity (Wildman–Crippen MR) is 103 cm³/mol. The molecule has 1 aliphatic heterocycles. The zero-order chi connectivity index (χ0) is 21.9. The summed E-state index contributed by atoms with van der Waals surface area (Å²) in [4.78, 5) is 22.4. The molecule has 8 nitrogen and oxygen atoms in total. The number of rotatable bonds is 9. The van der Waals surface area contributed by atoms with Gasteiger partial charge in [0.15, 0.2) is 11.5 Å². The van der Waals surface area contributed by atoms with E-state index < -0.39 is 23.8 Å². The molecule has 2 atom stereocenters. The number of carbonyl (C=O) groups is 2. The Labute approximate surface area is 234 Å². The Hall–Kier alpha value is -0.810. The summed E-state index contributed by atoms with van der Waals surface area (Å²) in [6.45, 7) is 2.29. The van der Waals surface area contributed by atoms with Gasteiger partial charge in [0.2, 0.25) is 0 Å². The van der Waals surface area contributed by atoms with Crippen molar-refractivity contribution in [1.29, 1.82) is 0 Å². The van der Waals surface area contributed by atoms with Crippen LogP contribution in [0.5, 0.6) is 11.5 Å². The van der Waals surface area contributed by atoms with E-state index in [1.807, 2.05) is 6.92 Å². The number of ether oxygens (including phenoxy) is 2. The summed E-state index contributed by atoms with van der Waals surface area (Å²) >= 11 is 5.96. The molecule has 0 fully saturated rings. The Morgan fingerprint density at radius 3 is 2.34 bits per heavy atom. The molecule has 2 N–H and O–H groups in total. The number of carboxylic acid groups (broad SMARTS) is 2. The van der Waals surface area contributed by atoms with Crippen LogP contribution in [0.15, 0.2) is 42.5 Å². The zero-order valence-corrected chi connectivity index (χ0v) is 22.8. The quantitative estimate of drug-likeness (QED) is 0.268. The minimum atomic E-state index is -3.00. The van der Waals surface area contributed by atoms with Crippen molar-refractivity contribution in [2.75, 3.05) is 6.54 Å². The average molecular weight is 480 g/mol. The fourth-order valence-corrected chi connectivity index (χ4v) is 3.38. The number of benzene rings is 2. The largest absolute Gasteiger partial charge is 1.00 e. The topological polar surface area (TPSA) is 131 Å². The van der Waals surface area contributed by atoms with Crippen molar-refractivity contribution in [1.82, 2.24) is 5.32 Å². The average Bonchev–Trinajstić information content (AvgIpc) is 3.11. The van der Waals surface area contributed by atoms with Gasteiger partial charge in [-0.3, -0.25) is 0 Å². The van der Waals surface area contributed by atoms with Crippen molar-refractivity contribution in [3.8, 4) is 11.5 Å². The molecule has 0 aromatic heterocycles. The van der Waals surface area contributed by atoms with E-state index in [4.69, 9.17) is 21.1 Å². The molecule has 32 heavy (non-hydrogen) atoms. The fourth-order valence-electron chi connectivity index (χ4n) is 3.18. The van der Waals surface area contributed by atoms with E-state index in [9.17, 15) is 24.9 Å². The molecule has 1 unspecified atom stereocenters. The van der Waals surface area contributed by atoms with Gasteiger partial charge in [0.25, 0.3) is 0 Å². The summed E-state index contributed by atoms with van der Waals surface area (Å²) in [5, 5.41) is 36.6. The van der Waals surface area contributed by atoms with Crippen LogP contribution in [-0.2, 0) is 16.0 Å². The number of hydrogen-bond acceptors (Lipinski definition) is 8. The molecule has 1 aliphatic rings. The van der Waals surface area contributed by atoms with Gasteiger partial charge in [-0.2, -0.15) is 0 Å². The molecule has 0 saturated heterocycles. The number of hydrogen-bond donors (Lipinski definition) is 2. The predicted octanol–water partition coefficient (Wildman–Crippen LogP) is -6.04. The molecule has 0 radical (unpaired) electrons. The number of carboxylic acids is 2. The Morgan fingerprint density at radius 1 is 1.09 bits per heavy atom. The molecule has 1 heterocycles. The summed E-state index contributed by atoms with van der Waals surface area (Å²) in [5.74, 6) is -7.14. The first-order valence-electron chi connectivity index (χ1n) is 9.36. The maximum absolute atomic E-state index is 11.2. The van der Waals surface area contributed by atoms with E-state index in [0.29, 0.717) is 23.6 Å². The van der Waals surface area contributed by atoms with Gasteiger partial charge >= 0.3 is 64.9 Å². The molecule has 0 amide bonds.